The van der Waals surface area contributed by atoms with Gasteiger partial charge in [0.15, 0.2) is 6.61 Å². The summed E-state index contributed by atoms with van der Waals surface area (Å²) in [4.78, 5) is 24.0. The van der Waals surface area contributed by atoms with Crippen molar-refractivity contribution in [3.05, 3.63) is 69.3 Å². The lowest BCUT2D eigenvalue weighted by Gasteiger charge is -2.05. The molecule has 1 heterocycles. The molecule has 0 N–H and O–H groups in total. The molecule has 0 aliphatic carbocycles. The molecule has 25 heavy (non-hydrogen) atoms. The molecule has 1 aromatic heterocycles. The second kappa shape index (κ2) is 6.85. The number of hydrogen-bond acceptors (Lipinski definition) is 4. The highest BCUT2D eigenvalue weighted by molar-refractivity contribution is 7.21. The molecule has 3 nitrogen and oxygen atoms in total. The van der Waals surface area contributed by atoms with Gasteiger partial charge < -0.3 is 4.74 Å². The third kappa shape index (κ3) is 3.38. The average Bonchev–Trinajstić information content (AvgIpc) is 2.88. The smallest absolute Gasteiger partial charge is 0.350 e. The number of fused-ring (bicyclic) bond motifs is 1. The van der Waals surface area contributed by atoms with Gasteiger partial charge in [-0.3, -0.25) is 4.79 Å². The van der Waals surface area contributed by atoms with E-state index in [0.717, 1.165) is 29.5 Å². The van der Waals surface area contributed by atoms with Crippen molar-refractivity contribution >= 4 is 44.8 Å². The molecule has 0 fully saturated rings. The fraction of sp³-hybridized carbons (Fsp3) is 0.0588. The summed E-state index contributed by atoms with van der Waals surface area (Å²) in [7, 11) is 0. The maximum Gasteiger partial charge on any atom is 0.350 e. The van der Waals surface area contributed by atoms with Crippen molar-refractivity contribution in [2.45, 2.75) is 0 Å². The highest BCUT2D eigenvalue weighted by atomic mass is 35.5. The van der Waals surface area contributed by atoms with Crippen molar-refractivity contribution in [1.82, 2.24) is 0 Å². The molecule has 128 valence electrons. The van der Waals surface area contributed by atoms with Crippen LogP contribution in [-0.4, -0.2) is 18.4 Å². The Morgan fingerprint density at radius 2 is 1.76 bits per heavy atom. The summed E-state index contributed by atoms with van der Waals surface area (Å²) in [6.45, 7) is -0.852. The predicted molar refractivity (Wildman–Crippen MR) is 87.8 cm³/mol. The molecule has 8 heteroatoms. The number of rotatable bonds is 4. The highest BCUT2D eigenvalue weighted by Crippen LogP contribution is 2.36. The number of thiophene rings is 1. The van der Waals surface area contributed by atoms with Crippen molar-refractivity contribution in [3.63, 3.8) is 0 Å². The average molecular weight is 385 g/mol. The van der Waals surface area contributed by atoms with Crippen molar-refractivity contribution in [1.29, 1.82) is 0 Å². The fourth-order valence-corrected chi connectivity index (χ4v) is 3.63. The summed E-state index contributed by atoms with van der Waals surface area (Å²) < 4.78 is 45.5. The molecule has 2 aromatic carbocycles. The quantitative estimate of drug-likeness (QED) is 0.469. The van der Waals surface area contributed by atoms with E-state index in [-0.39, 0.29) is 9.90 Å². The summed E-state index contributed by atoms with van der Waals surface area (Å²) >= 11 is 6.96. The maximum atomic E-state index is 13.5. The summed E-state index contributed by atoms with van der Waals surface area (Å²) in [5, 5.41) is 0.529. The second-order valence-corrected chi connectivity index (χ2v) is 6.41. The van der Waals surface area contributed by atoms with Crippen molar-refractivity contribution < 1.29 is 27.5 Å². The Morgan fingerprint density at radius 1 is 1.08 bits per heavy atom. The number of hydrogen-bond donors (Lipinski definition) is 0. The lowest BCUT2D eigenvalue weighted by molar-refractivity contribution is 0.0477. The van der Waals surface area contributed by atoms with Crippen LogP contribution in [0.2, 0.25) is 5.02 Å². The van der Waals surface area contributed by atoms with Gasteiger partial charge in [-0.15, -0.1) is 11.3 Å². The molecule has 0 radical (unpaired) electrons. The van der Waals surface area contributed by atoms with E-state index in [1.54, 1.807) is 0 Å². The summed E-state index contributed by atoms with van der Waals surface area (Å²) in [5.74, 6) is -4.53. The number of benzene rings is 2. The Balaban J connectivity index is 1.79. The predicted octanol–water partition coefficient (Wildman–Crippen LogP) is 5.01. The number of carbonyl (C=O) groups is 2. The van der Waals surface area contributed by atoms with Gasteiger partial charge in [-0.25, -0.2) is 18.0 Å². The maximum absolute atomic E-state index is 13.5. The standard InChI is InChI=1S/C17H8ClF3O3S/c18-15-9-5-4-8(19)6-13(9)25-16(15)17(23)24-7-12(22)14-10(20)2-1-3-11(14)21/h1-6H,7H2. The minimum Gasteiger partial charge on any atom is -0.453 e. The van der Waals surface area contributed by atoms with Gasteiger partial charge in [0, 0.05) is 10.1 Å². The van der Waals surface area contributed by atoms with Crippen LogP contribution in [-0.2, 0) is 4.74 Å². The Kier molecular flexibility index (Phi) is 4.78. The van der Waals surface area contributed by atoms with Gasteiger partial charge in [-0.2, -0.15) is 0 Å². The van der Waals surface area contributed by atoms with Gasteiger partial charge >= 0.3 is 5.97 Å². The van der Waals surface area contributed by atoms with E-state index in [1.807, 2.05) is 0 Å². The van der Waals surface area contributed by atoms with Crippen LogP contribution in [0, 0.1) is 17.5 Å². The number of Topliss-reactive ketones (excluding diaryl/α,β-unsaturated/α-hetero) is 1. The van der Waals surface area contributed by atoms with Crippen molar-refractivity contribution in [2.75, 3.05) is 6.61 Å². The minimum absolute atomic E-state index is 0.0240. The lowest BCUT2D eigenvalue weighted by atomic mass is 10.1. The largest absolute Gasteiger partial charge is 0.453 e. The molecule has 0 aliphatic rings. The van der Waals surface area contributed by atoms with E-state index in [4.69, 9.17) is 16.3 Å². The van der Waals surface area contributed by atoms with Crippen molar-refractivity contribution in [2.24, 2.45) is 0 Å². The van der Waals surface area contributed by atoms with Gasteiger partial charge in [0.1, 0.15) is 22.3 Å². The van der Waals surface area contributed by atoms with Crippen LogP contribution in [0.5, 0.6) is 0 Å². The summed E-state index contributed by atoms with van der Waals surface area (Å²) in [6.07, 6.45) is 0. The molecule has 0 aliphatic heterocycles. The molecule has 0 saturated heterocycles. The number of carbonyl (C=O) groups excluding carboxylic acids is 2. The summed E-state index contributed by atoms with van der Waals surface area (Å²) in [6, 6.07) is 6.79. The molecule has 0 amide bonds. The molecular weight excluding hydrogens is 377 g/mol. The van der Waals surface area contributed by atoms with E-state index in [9.17, 15) is 22.8 Å². The van der Waals surface area contributed by atoms with E-state index in [2.05, 4.69) is 0 Å². The Bertz CT molecular complexity index is 980. The molecule has 0 bridgehead atoms. The fourth-order valence-electron chi connectivity index (χ4n) is 2.20. The first-order chi connectivity index (χ1) is 11.9. The first-order valence-corrected chi connectivity index (χ1v) is 8.10. The van der Waals surface area contributed by atoms with Gasteiger partial charge in [0.2, 0.25) is 5.78 Å². The van der Waals surface area contributed by atoms with E-state index < -0.39 is 41.4 Å². The number of ketones is 1. The zero-order chi connectivity index (χ0) is 18.1. The second-order valence-electron chi connectivity index (χ2n) is 4.98. The van der Waals surface area contributed by atoms with Crippen LogP contribution < -0.4 is 0 Å². The monoisotopic (exact) mass is 384 g/mol. The van der Waals surface area contributed by atoms with Crippen LogP contribution in [0.15, 0.2) is 36.4 Å². The van der Waals surface area contributed by atoms with E-state index >= 15 is 0 Å². The van der Waals surface area contributed by atoms with Crippen molar-refractivity contribution in [3.8, 4) is 0 Å². The first kappa shape index (κ1) is 17.4. The normalized spacial score (nSPS) is 10.9. The van der Waals surface area contributed by atoms with Gasteiger partial charge in [-0.1, -0.05) is 17.7 Å². The third-order valence-corrected chi connectivity index (χ3v) is 4.99. The van der Waals surface area contributed by atoms with Gasteiger partial charge in [0.25, 0.3) is 0 Å². The molecule has 3 aromatic rings. The number of halogens is 4. The molecule has 0 saturated carbocycles. The third-order valence-electron chi connectivity index (χ3n) is 3.35. The van der Waals surface area contributed by atoms with E-state index in [1.165, 1.54) is 18.2 Å². The molecule has 0 spiro atoms. The van der Waals surface area contributed by atoms with Crippen LogP contribution in [0.25, 0.3) is 10.1 Å². The number of ether oxygens (including phenoxy) is 1. The van der Waals surface area contributed by atoms with Gasteiger partial charge in [0.05, 0.1) is 10.6 Å². The first-order valence-electron chi connectivity index (χ1n) is 6.90. The molecule has 0 atom stereocenters. The summed E-state index contributed by atoms with van der Waals surface area (Å²) in [5.41, 5.74) is -0.778. The lowest BCUT2D eigenvalue weighted by Crippen LogP contribution is -2.16. The highest BCUT2D eigenvalue weighted by Gasteiger charge is 2.22. The molecule has 0 unspecified atom stereocenters. The topological polar surface area (TPSA) is 43.4 Å². The van der Waals surface area contributed by atoms with Gasteiger partial charge in [-0.05, 0) is 30.3 Å². The van der Waals surface area contributed by atoms with Crippen LogP contribution in [0.4, 0.5) is 13.2 Å². The van der Waals surface area contributed by atoms with E-state index in [0.29, 0.717) is 10.1 Å². The van der Waals surface area contributed by atoms with Crippen LogP contribution in [0.1, 0.15) is 20.0 Å². The molecular formula is C17H8ClF3O3S. The Morgan fingerprint density at radius 3 is 2.44 bits per heavy atom. The minimum atomic E-state index is -1.04. The van der Waals surface area contributed by atoms with Crippen LogP contribution >= 0.6 is 22.9 Å². The zero-order valence-corrected chi connectivity index (χ0v) is 13.9. The molecule has 3 rings (SSSR count). The number of esters is 1. The Hall–Kier alpha value is -2.38. The SMILES string of the molecule is O=C(OCC(=O)c1c(F)cccc1F)c1sc2cc(F)ccc2c1Cl. The Labute approximate surface area is 148 Å². The van der Waals surface area contributed by atoms with Crippen LogP contribution in [0.3, 0.4) is 0 Å². The zero-order valence-electron chi connectivity index (χ0n) is 12.3.